The molecule has 0 aliphatic rings. The van der Waals surface area contributed by atoms with Crippen molar-refractivity contribution >= 4 is 11.6 Å². The van der Waals surface area contributed by atoms with Crippen molar-refractivity contribution in [2.45, 2.75) is 19.4 Å². The monoisotopic (exact) mass is 170 g/mol. The van der Waals surface area contributed by atoms with Crippen LogP contribution in [0.1, 0.15) is 12.6 Å². The lowest BCUT2D eigenvalue weighted by atomic mass is 10.2. The summed E-state index contributed by atoms with van der Waals surface area (Å²) in [6.07, 6.45) is 2.47. The van der Waals surface area contributed by atoms with Gasteiger partial charge in [-0.25, -0.2) is 0 Å². The van der Waals surface area contributed by atoms with E-state index in [1.54, 1.807) is 12.3 Å². The topological polar surface area (TPSA) is 38.9 Å². The van der Waals surface area contributed by atoms with Crippen LogP contribution in [-0.2, 0) is 6.42 Å². The van der Waals surface area contributed by atoms with Crippen molar-refractivity contribution in [1.82, 2.24) is 4.98 Å². The summed E-state index contributed by atoms with van der Waals surface area (Å²) >= 11 is 5.75. The molecule has 3 heteroatoms. The predicted octanol–water partition coefficient (Wildman–Crippen LogP) is 1.62. The van der Waals surface area contributed by atoms with E-state index < -0.39 is 0 Å². The molecule has 0 saturated heterocycles. The quantitative estimate of drug-likeness (QED) is 0.733. The van der Waals surface area contributed by atoms with Crippen LogP contribution in [0.4, 0.5) is 0 Å². The number of hydrogen-bond donors (Lipinski definition) is 1. The Morgan fingerprint density at radius 3 is 3.00 bits per heavy atom. The third-order valence-corrected chi connectivity index (χ3v) is 1.54. The first-order valence-electron chi connectivity index (χ1n) is 3.54. The normalized spacial score (nSPS) is 13.0. The van der Waals surface area contributed by atoms with Gasteiger partial charge in [-0.15, -0.1) is 0 Å². The highest BCUT2D eigenvalue weighted by atomic mass is 35.5. The van der Waals surface area contributed by atoms with Gasteiger partial charge in [-0.05, 0) is 19.1 Å². The van der Waals surface area contributed by atoms with E-state index in [1.165, 1.54) is 0 Å². The van der Waals surface area contributed by atoms with Crippen molar-refractivity contribution in [3.05, 3.63) is 29.0 Å². The number of aromatic nitrogens is 1. The number of halogens is 1. The lowest BCUT2D eigenvalue weighted by Gasteiger charge is -2.03. The van der Waals surface area contributed by atoms with Gasteiger partial charge >= 0.3 is 0 Å². The fraction of sp³-hybridized carbons (Fsp3) is 0.375. The van der Waals surface area contributed by atoms with E-state index in [-0.39, 0.29) is 6.04 Å². The predicted molar refractivity (Wildman–Crippen MR) is 46.6 cm³/mol. The molecular weight excluding hydrogens is 160 g/mol. The first-order chi connectivity index (χ1) is 5.18. The van der Waals surface area contributed by atoms with Gasteiger partial charge in [0.25, 0.3) is 0 Å². The van der Waals surface area contributed by atoms with E-state index in [1.807, 2.05) is 13.0 Å². The minimum absolute atomic E-state index is 0.140. The largest absolute Gasteiger partial charge is 0.328 e. The maximum absolute atomic E-state index is 5.75. The summed E-state index contributed by atoms with van der Waals surface area (Å²) in [5.41, 5.74) is 6.54. The molecule has 0 aliphatic heterocycles. The van der Waals surface area contributed by atoms with Gasteiger partial charge in [-0.1, -0.05) is 11.6 Å². The standard InChI is InChI=1S/C8H11ClN2/c1-6(10)4-8-5-7(9)2-3-11-8/h2-3,5-6H,4,10H2,1H3/t6-/m1/s1. The van der Waals surface area contributed by atoms with Crippen molar-refractivity contribution in [3.63, 3.8) is 0 Å². The number of nitrogens with two attached hydrogens (primary N) is 1. The van der Waals surface area contributed by atoms with Gasteiger partial charge in [0, 0.05) is 29.4 Å². The summed E-state index contributed by atoms with van der Waals surface area (Å²) < 4.78 is 0. The van der Waals surface area contributed by atoms with E-state index >= 15 is 0 Å². The zero-order valence-electron chi connectivity index (χ0n) is 6.42. The van der Waals surface area contributed by atoms with E-state index in [0.717, 1.165) is 17.1 Å². The Balaban J connectivity index is 2.71. The van der Waals surface area contributed by atoms with Crippen LogP contribution in [0, 0.1) is 0 Å². The lowest BCUT2D eigenvalue weighted by molar-refractivity contribution is 0.722. The number of pyridine rings is 1. The number of hydrogen-bond acceptors (Lipinski definition) is 2. The van der Waals surface area contributed by atoms with Gasteiger partial charge < -0.3 is 5.73 Å². The molecule has 1 aromatic rings. The van der Waals surface area contributed by atoms with Crippen LogP contribution in [-0.4, -0.2) is 11.0 Å². The van der Waals surface area contributed by atoms with Crippen LogP contribution in [0.5, 0.6) is 0 Å². The molecule has 0 aromatic carbocycles. The van der Waals surface area contributed by atoms with E-state index in [4.69, 9.17) is 17.3 Å². The number of nitrogens with zero attached hydrogens (tertiary/aromatic N) is 1. The zero-order valence-corrected chi connectivity index (χ0v) is 7.17. The average molecular weight is 171 g/mol. The Morgan fingerprint density at radius 1 is 1.73 bits per heavy atom. The summed E-state index contributed by atoms with van der Waals surface area (Å²) in [5, 5.41) is 0.718. The van der Waals surface area contributed by atoms with Crippen molar-refractivity contribution < 1.29 is 0 Å². The Morgan fingerprint density at radius 2 is 2.45 bits per heavy atom. The van der Waals surface area contributed by atoms with E-state index in [0.29, 0.717) is 0 Å². The maximum atomic E-state index is 5.75. The first-order valence-corrected chi connectivity index (χ1v) is 3.92. The SMILES string of the molecule is C[C@@H](N)Cc1cc(Cl)ccn1. The minimum atomic E-state index is 0.140. The molecule has 0 radical (unpaired) electrons. The van der Waals surface area contributed by atoms with E-state index in [2.05, 4.69) is 4.98 Å². The molecule has 2 N–H and O–H groups in total. The molecule has 0 amide bonds. The molecule has 60 valence electrons. The fourth-order valence-electron chi connectivity index (χ4n) is 0.890. The van der Waals surface area contributed by atoms with Crippen LogP contribution in [0.15, 0.2) is 18.3 Å². The minimum Gasteiger partial charge on any atom is -0.328 e. The molecule has 0 aliphatic carbocycles. The smallest absolute Gasteiger partial charge is 0.0439 e. The molecule has 1 aromatic heterocycles. The van der Waals surface area contributed by atoms with Crippen LogP contribution < -0.4 is 5.73 Å². The summed E-state index contributed by atoms with van der Waals surface area (Å²) in [4.78, 5) is 4.12. The molecule has 11 heavy (non-hydrogen) atoms. The molecule has 1 rings (SSSR count). The Labute approximate surface area is 71.4 Å². The van der Waals surface area contributed by atoms with Gasteiger partial charge in [-0.3, -0.25) is 4.98 Å². The third-order valence-electron chi connectivity index (χ3n) is 1.31. The highest BCUT2D eigenvalue weighted by molar-refractivity contribution is 6.30. The van der Waals surface area contributed by atoms with Crippen LogP contribution in [0.2, 0.25) is 5.02 Å². The molecule has 2 nitrogen and oxygen atoms in total. The van der Waals surface area contributed by atoms with Gasteiger partial charge in [0.2, 0.25) is 0 Å². The Hall–Kier alpha value is -0.600. The molecule has 0 unspecified atom stereocenters. The molecule has 1 heterocycles. The van der Waals surface area contributed by atoms with Crippen LogP contribution in [0.25, 0.3) is 0 Å². The third kappa shape index (κ3) is 2.87. The molecule has 0 bridgehead atoms. The second-order valence-electron chi connectivity index (χ2n) is 2.65. The lowest BCUT2D eigenvalue weighted by Crippen LogP contribution is -2.18. The van der Waals surface area contributed by atoms with Crippen molar-refractivity contribution in [2.24, 2.45) is 5.73 Å². The molecule has 0 saturated carbocycles. The summed E-state index contributed by atoms with van der Waals surface area (Å²) in [5.74, 6) is 0. The summed E-state index contributed by atoms with van der Waals surface area (Å²) in [6, 6.07) is 3.73. The zero-order chi connectivity index (χ0) is 8.27. The number of rotatable bonds is 2. The van der Waals surface area contributed by atoms with Crippen LogP contribution in [0.3, 0.4) is 0 Å². The highest BCUT2D eigenvalue weighted by Crippen LogP contribution is 2.08. The second kappa shape index (κ2) is 3.69. The summed E-state index contributed by atoms with van der Waals surface area (Å²) in [7, 11) is 0. The van der Waals surface area contributed by atoms with Crippen molar-refractivity contribution in [3.8, 4) is 0 Å². The van der Waals surface area contributed by atoms with Crippen molar-refractivity contribution in [2.75, 3.05) is 0 Å². The average Bonchev–Trinajstić information content (AvgIpc) is 1.85. The van der Waals surface area contributed by atoms with E-state index in [9.17, 15) is 0 Å². The molecule has 0 spiro atoms. The van der Waals surface area contributed by atoms with Gasteiger partial charge in [0.1, 0.15) is 0 Å². The van der Waals surface area contributed by atoms with Crippen molar-refractivity contribution in [1.29, 1.82) is 0 Å². The molecule has 0 fully saturated rings. The van der Waals surface area contributed by atoms with Gasteiger partial charge in [0.15, 0.2) is 0 Å². The summed E-state index contributed by atoms with van der Waals surface area (Å²) in [6.45, 7) is 1.95. The fourth-order valence-corrected chi connectivity index (χ4v) is 1.07. The molecule has 1 atom stereocenters. The second-order valence-corrected chi connectivity index (χ2v) is 3.08. The van der Waals surface area contributed by atoms with Crippen LogP contribution >= 0.6 is 11.6 Å². The molecular formula is C8H11ClN2. The first kappa shape index (κ1) is 8.50. The van der Waals surface area contributed by atoms with Gasteiger partial charge in [0.05, 0.1) is 0 Å². The maximum Gasteiger partial charge on any atom is 0.0439 e. The van der Waals surface area contributed by atoms with Gasteiger partial charge in [-0.2, -0.15) is 0 Å². The highest BCUT2D eigenvalue weighted by Gasteiger charge is 1.98. The Kier molecular flexibility index (Phi) is 2.85. The Bertz CT molecular complexity index is 235.